The first-order valence-electron chi connectivity index (χ1n) is 8.17. The zero-order valence-electron chi connectivity index (χ0n) is 12.9. The minimum atomic E-state index is -0.127. The second-order valence-corrected chi connectivity index (χ2v) is 6.41. The summed E-state index contributed by atoms with van der Waals surface area (Å²) in [5, 5.41) is 6.65. The second kappa shape index (κ2) is 6.12. The summed E-state index contributed by atoms with van der Waals surface area (Å²) in [4.78, 5) is 18.9. The molecule has 6 heteroatoms. The van der Waals surface area contributed by atoms with Gasteiger partial charge in [0.25, 0.3) is 5.95 Å². The summed E-state index contributed by atoms with van der Waals surface area (Å²) in [5.74, 6) is 1.75. The summed E-state index contributed by atoms with van der Waals surface area (Å²) in [6, 6.07) is 9.62. The molecular weight excluding hydrogens is 292 g/mol. The van der Waals surface area contributed by atoms with Crippen molar-refractivity contribution in [2.75, 3.05) is 25.0 Å². The molecule has 3 saturated heterocycles. The third-order valence-electron chi connectivity index (χ3n) is 4.87. The average Bonchev–Trinajstić information content (AvgIpc) is 3.05. The number of aromatic nitrogens is 2. The molecule has 5 rings (SSSR count). The second-order valence-electron chi connectivity index (χ2n) is 6.41. The minimum Gasteiger partial charge on any atom is -0.337 e. The Hall–Kier alpha value is -2.21. The lowest BCUT2D eigenvalue weighted by molar-refractivity contribution is -0.115. The molecule has 1 atom stereocenters. The van der Waals surface area contributed by atoms with Gasteiger partial charge in [-0.3, -0.25) is 10.1 Å². The number of piperidine rings is 3. The van der Waals surface area contributed by atoms with Crippen LogP contribution in [0.2, 0.25) is 0 Å². The molecule has 0 aliphatic carbocycles. The number of hydrogen-bond acceptors (Lipinski definition) is 5. The number of carbonyl (C=O) groups is 1. The molecule has 1 N–H and O–H groups in total. The molecule has 4 heterocycles. The Morgan fingerprint density at radius 1 is 1.26 bits per heavy atom. The molecule has 120 valence electrons. The van der Waals surface area contributed by atoms with Gasteiger partial charge in [-0.2, -0.15) is 4.98 Å². The molecule has 3 fully saturated rings. The van der Waals surface area contributed by atoms with Gasteiger partial charge in [0.05, 0.1) is 12.3 Å². The van der Waals surface area contributed by atoms with Gasteiger partial charge in [0.1, 0.15) is 0 Å². The minimum absolute atomic E-state index is 0.127. The molecule has 1 unspecified atom stereocenters. The van der Waals surface area contributed by atoms with Gasteiger partial charge >= 0.3 is 0 Å². The molecule has 3 aliphatic rings. The summed E-state index contributed by atoms with van der Waals surface area (Å²) < 4.78 is 5.41. The molecule has 23 heavy (non-hydrogen) atoms. The molecule has 0 saturated carbocycles. The van der Waals surface area contributed by atoms with Crippen LogP contribution >= 0.6 is 0 Å². The summed E-state index contributed by atoms with van der Waals surface area (Å²) in [7, 11) is 0. The van der Waals surface area contributed by atoms with E-state index in [2.05, 4.69) is 20.4 Å². The predicted octanol–water partition coefficient (Wildman–Crippen LogP) is 2.06. The van der Waals surface area contributed by atoms with Gasteiger partial charge in [0.2, 0.25) is 11.8 Å². The highest BCUT2D eigenvalue weighted by Crippen LogP contribution is 2.38. The Labute approximate surface area is 134 Å². The van der Waals surface area contributed by atoms with Crippen molar-refractivity contribution in [2.24, 2.45) is 5.92 Å². The summed E-state index contributed by atoms with van der Waals surface area (Å²) in [6.45, 7) is 3.34. The number of nitrogens with one attached hydrogen (secondary N) is 1. The zero-order valence-corrected chi connectivity index (χ0v) is 12.9. The highest BCUT2D eigenvalue weighted by Gasteiger charge is 2.38. The van der Waals surface area contributed by atoms with Crippen LogP contribution in [0.15, 0.2) is 34.9 Å². The number of carbonyl (C=O) groups excluding carboxylic acids is 1. The Kier molecular flexibility index (Phi) is 3.83. The van der Waals surface area contributed by atoms with Crippen molar-refractivity contribution >= 4 is 11.9 Å². The molecule has 1 aromatic carbocycles. The number of anilines is 1. The zero-order chi connectivity index (χ0) is 15.6. The van der Waals surface area contributed by atoms with Crippen molar-refractivity contribution in [3.8, 4) is 0 Å². The number of benzene rings is 1. The smallest absolute Gasteiger partial charge is 0.270 e. The van der Waals surface area contributed by atoms with E-state index in [0.717, 1.165) is 12.1 Å². The number of amides is 1. The van der Waals surface area contributed by atoms with E-state index < -0.39 is 0 Å². The van der Waals surface area contributed by atoms with E-state index in [-0.39, 0.29) is 11.9 Å². The molecule has 0 spiro atoms. The number of hydrogen-bond donors (Lipinski definition) is 1. The Morgan fingerprint density at radius 3 is 2.74 bits per heavy atom. The first kappa shape index (κ1) is 14.4. The first-order chi connectivity index (χ1) is 11.3. The van der Waals surface area contributed by atoms with Gasteiger partial charge in [0.15, 0.2) is 0 Å². The number of fused-ring (bicyclic) bond motifs is 3. The fraction of sp³-hybridized carbons (Fsp3) is 0.471. The maximum Gasteiger partial charge on any atom is 0.270 e. The van der Waals surface area contributed by atoms with Crippen LogP contribution in [0.4, 0.5) is 5.95 Å². The Bertz CT molecular complexity index is 677. The van der Waals surface area contributed by atoms with Gasteiger partial charge in [0, 0.05) is 6.54 Å². The van der Waals surface area contributed by atoms with Gasteiger partial charge in [-0.1, -0.05) is 30.3 Å². The average molecular weight is 312 g/mol. The van der Waals surface area contributed by atoms with Crippen LogP contribution < -0.4 is 5.32 Å². The Balaban J connectivity index is 1.39. The first-order valence-corrected chi connectivity index (χ1v) is 8.17. The fourth-order valence-corrected chi connectivity index (χ4v) is 3.63. The molecule has 2 bridgehead atoms. The molecular formula is C17H20N4O2. The van der Waals surface area contributed by atoms with Crippen molar-refractivity contribution in [1.82, 2.24) is 15.0 Å². The third kappa shape index (κ3) is 3.12. The number of nitrogens with zero attached hydrogens (tertiary/aromatic N) is 3. The van der Waals surface area contributed by atoms with E-state index >= 15 is 0 Å². The largest absolute Gasteiger partial charge is 0.337 e. The fourth-order valence-electron chi connectivity index (χ4n) is 3.63. The molecule has 2 aromatic rings. The number of rotatable bonds is 4. The molecule has 3 aliphatic heterocycles. The molecule has 1 amide bonds. The monoisotopic (exact) mass is 312 g/mol. The van der Waals surface area contributed by atoms with Gasteiger partial charge in [-0.15, -0.1) is 0 Å². The lowest BCUT2D eigenvalue weighted by Gasteiger charge is -2.43. The van der Waals surface area contributed by atoms with E-state index in [1.54, 1.807) is 0 Å². The van der Waals surface area contributed by atoms with Gasteiger partial charge in [-0.25, -0.2) is 0 Å². The van der Waals surface area contributed by atoms with Crippen molar-refractivity contribution in [3.05, 3.63) is 41.8 Å². The van der Waals surface area contributed by atoms with E-state index in [0.29, 0.717) is 24.1 Å². The van der Waals surface area contributed by atoms with Gasteiger partial charge < -0.3 is 9.42 Å². The van der Waals surface area contributed by atoms with E-state index in [9.17, 15) is 4.79 Å². The van der Waals surface area contributed by atoms with Crippen LogP contribution in [0.25, 0.3) is 0 Å². The molecule has 6 nitrogen and oxygen atoms in total. The standard InChI is InChI=1S/C17H20N4O2/c22-15(10-12-4-2-1-3-5-12)18-17-19-16(23-20-17)14-11-21-8-6-13(14)7-9-21/h1-5,13-14H,6-11H2,(H,18,20,22). The lowest BCUT2D eigenvalue weighted by Crippen LogP contribution is -2.46. The highest BCUT2D eigenvalue weighted by atomic mass is 16.5. The van der Waals surface area contributed by atoms with Crippen LogP contribution in [0.5, 0.6) is 0 Å². The van der Waals surface area contributed by atoms with E-state index in [1.165, 1.54) is 25.9 Å². The van der Waals surface area contributed by atoms with Crippen molar-refractivity contribution in [3.63, 3.8) is 0 Å². The maximum absolute atomic E-state index is 12.1. The SMILES string of the molecule is O=C(Cc1ccccc1)Nc1noc(C2CN3CCC2CC3)n1. The van der Waals surface area contributed by atoms with E-state index in [1.807, 2.05) is 30.3 Å². The van der Waals surface area contributed by atoms with Crippen molar-refractivity contribution in [2.45, 2.75) is 25.2 Å². The summed E-state index contributed by atoms with van der Waals surface area (Å²) >= 11 is 0. The van der Waals surface area contributed by atoms with Crippen LogP contribution in [-0.2, 0) is 11.2 Å². The lowest BCUT2D eigenvalue weighted by atomic mass is 9.79. The topological polar surface area (TPSA) is 71.3 Å². The highest BCUT2D eigenvalue weighted by molar-refractivity contribution is 5.90. The molecule has 1 aromatic heterocycles. The van der Waals surface area contributed by atoms with Crippen molar-refractivity contribution < 1.29 is 9.32 Å². The molecule has 0 radical (unpaired) electrons. The summed E-state index contributed by atoms with van der Waals surface area (Å²) in [5.41, 5.74) is 0.964. The van der Waals surface area contributed by atoms with Crippen LogP contribution in [0, 0.1) is 5.92 Å². The summed E-state index contributed by atoms with van der Waals surface area (Å²) in [6.07, 6.45) is 2.70. The van der Waals surface area contributed by atoms with Crippen molar-refractivity contribution in [1.29, 1.82) is 0 Å². The normalized spacial score (nSPS) is 26.2. The van der Waals surface area contributed by atoms with Gasteiger partial charge in [-0.05, 0) is 42.6 Å². The van der Waals surface area contributed by atoms with Crippen LogP contribution in [0.3, 0.4) is 0 Å². The maximum atomic E-state index is 12.1. The third-order valence-corrected chi connectivity index (χ3v) is 4.87. The van der Waals surface area contributed by atoms with E-state index in [4.69, 9.17) is 4.52 Å². The quantitative estimate of drug-likeness (QED) is 0.935. The van der Waals surface area contributed by atoms with Crippen LogP contribution in [-0.4, -0.2) is 40.6 Å². The Morgan fingerprint density at radius 2 is 2.04 bits per heavy atom. The predicted molar refractivity (Wildman–Crippen MR) is 85.0 cm³/mol. The van der Waals surface area contributed by atoms with Crippen LogP contribution in [0.1, 0.15) is 30.2 Å².